The highest BCUT2D eigenvalue weighted by Crippen LogP contribution is 2.34. The number of nitro benzene ring substituents is 1. The molecule has 3 rings (SSSR count). The third-order valence-electron chi connectivity index (χ3n) is 3.78. The fourth-order valence-electron chi connectivity index (χ4n) is 2.47. The highest BCUT2D eigenvalue weighted by atomic mass is 32.2. The first-order valence-corrected chi connectivity index (χ1v) is 9.09. The summed E-state index contributed by atoms with van der Waals surface area (Å²) in [5, 5.41) is 13.5. The van der Waals surface area contributed by atoms with E-state index < -0.39 is 4.92 Å². The van der Waals surface area contributed by atoms with Gasteiger partial charge in [0.2, 0.25) is 5.91 Å². The number of thioether (sulfide) groups is 1. The number of aryl methyl sites for hydroxylation is 1. The predicted molar refractivity (Wildman–Crippen MR) is 99.2 cm³/mol. The molecule has 0 bridgehead atoms. The Balaban J connectivity index is 1.59. The number of carbonyl (C=O) groups is 1. The van der Waals surface area contributed by atoms with Crippen LogP contribution in [0.3, 0.4) is 0 Å². The Morgan fingerprint density at radius 2 is 1.96 bits per heavy atom. The molecular formula is C18H18N2O5S. The predicted octanol–water partition coefficient (Wildman–Crippen LogP) is 3.80. The van der Waals surface area contributed by atoms with Gasteiger partial charge in [0.1, 0.15) is 0 Å². The van der Waals surface area contributed by atoms with Crippen molar-refractivity contribution in [3.63, 3.8) is 0 Å². The maximum absolute atomic E-state index is 12.2. The Hall–Kier alpha value is -2.74. The zero-order valence-corrected chi connectivity index (χ0v) is 15.0. The zero-order chi connectivity index (χ0) is 18.5. The van der Waals surface area contributed by atoms with Crippen LogP contribution >= 0.6 is 11.8 Å². The van der Waals surface area contributed by atoms with Crippen LogP contribution < -0.4 is 14.8 Å². The summed E-state index contributed by atoms with van der Waals surface area (Å²) in [6, 6.07) is 9.97. The second-order valence-corrected chi connectivity index (χ2v) is 6.80. The second kappa shape index (κ2) is 8.09. The number of carbonyl (C=O) groups excluding carboxylic acids is 1. The van der Waals surface area contributed by atoms with Crippen molar-refractivity contribution in [2.45, 2.75) is 18.2 Å². The third-order valence-corrected chi connectivity index (χ3v) is 4.78. The molecular weight excluding hydrogens is 356 g/mol. The van der Waals surface area contributed by atoms with Crippen LogP contribution in [0.1, 0.15) is 12.0 Å². The lowest BCUT2D eigenvalue weighted by molar-refractivity contribution is -0.384. The summed E-state index contributed by atoms with van der Waals surface area (Å²) in [5.74, 6) is 1.45. The smallest absolute Gasteiger partial charge is 0.269 e. The van der Waals surface area contributed by atoms with Crippen molar-refractivity contribution >= 4 is 29.0 Å². The van der Waals surface area contributed by atoms with Gasteiger partial charge in [0.25, 0.3) is 5.69 Å². The first-order chi connectivity index (χ1) is 12.5. The van der Waals surface area contributed by atoms with Crippen molar-refractivity contribution in [2.24, 2.45) is 0 Å². The molecule has 1 aliphatic rings. The molecule has 0 saturated carbocycles. The highest BCUT2D eigenvalue weighted by molar-refractivity contribution is 8.00. The minimum Gasteiger partial charge on any atom is -0.490 e. The number of hydrogen-bond acceptors (Lipinski definition) is 6. The number of fused-ring (bicyclic) bond motifs is 1. The van der Waals surface area contributed by atoms with E-state index in [1.165, 1.54) is 23.9 Å². The van der Waals surface area contributed by atoms with E-state index >= 15 is 0 Å². The highest BCUT2D eigenvalue weighted by Gasteiger charge is 2.13. The van der Waals surface area contributed by atoms with Crippen molar-refractivity contribution < 1.29 is 19.2 Å². The van der Waals surface area contributed by atoms with Crippen LogP contribution in [0.5, 0.6) is 11.5 Å². The molecule has 136 valence electrons. The van der Waals surface area contributed by atoms with E-state index in [2.05, 4.69) is 5.32 Å². The molecule has 2 aromatic rings. The van der Waals surface area contributed by atoms with Gasteiger partial charge in [-0.1, -0.05) is 0 Å². The Labute approximate surface area is 154 Å². The standard InChI is InChI=1S/C18H18N2O5S/c1-12-9-13(20(22)23)3-5-15(12)19-18(21)11-26-14-4-6-16-17(10-14)25-8-2-7-24-16/h3-6,9-10H,2,7-8,11H2,1H3,(H,19,21). The lowest BCUT2D eigenvalue weighted by Gasteiger charge is -2.10. The van der Waals surface area contributed by atoms with Crippen LogP contribution in [-0.2, 0) is 4.79 Å². The number of nitro groups is 1. The van der Waals surface area contributed by atoms with Crippen LogP contribution in [0, 0.1) is 17.0 Å². The van der Waals surface area contributed by atoms with Gasteiger partial charge in [-0.3, -0.25) is 14.9 Å². The van der Waals surface area contributed by atoms with E-state index in [0.29, 0.717) is 30.2 Å². The van der Waals surface area contributed by atoms with Gasteiger partial charge in [-0.05, 0) is 36.8 Å². The van der Waals surface area contributed by atoms with Gasteiger partial charge >= 0.3 is 0 Å². The van der Waals surface area contributed by atoms with Crippen LogP contribution in [-0.4, -0.2) is 29.8 Å². The number of anilines is 1. The third kappa shape index (κ3) is 4.45. The molecule has 0 aliphatic carbocycles. The second-order valence-electron chi connectivity index (χ2n) is 5.75. The van der Waals surface area contributed by atoms with E-state index in [1.807, 2.05) is 18.2 Å². The summed E-state index contributed by atoms with van der Waals surface area (Å²) in [4.78, 5) is 23.4. The molecule has 7 nitrogen and oxygen atoms in total. The zero-order valence-electron chi connectivity index (χ0n) is 14.2. The number of nitrogens with zero attached hydrogens (tertiary/aromatic N) is 1. The average molecular weight is 374 g/mol. The molecule has 2 aromatic carbocycles. The lowest BCUT2D eigenvalue weighted by Crippen LogP contribution is -2.14. The van der Waals surface area contributed by atoms with Gasteiger partial charge < -0.3 is 14.8 Å². The fraction of sp³-hybridized carbons (Fsp3) is 0.278. The van der Waals surface area contributed by atoms with Gasteiger partial charge in [0, 0.05) is 29.1 Å². The molecule has 0 aromatic heterocycles. The van der Waals surface area contributed by atoms with Crippen LogP contribution in [0.4, 0.5) is 11.4 Å². The van der Waals surface area contributed by atoms with Crippen LogP contribution in [0.25, 0.3) is 0 Å². The van der Waals surface area contributed by atoms with E-state index in [0.717, 1.165) is 17.1 Å². The average Bonchev–Trinajstić information content (AvgIpc) is 2.86. The summed E-state index contributed by atoms with van der Waals surface area (Å²) >= 11 is 1.39. The topological polar surface area (TPSA) is 90.7 Å². The Kier molecular flexibility index (Phi) is 5.62. The van der Waals surface area contributed by atoms with Gasteiger partial charge in [0.05, 0.1) is 23.9 Å². The quantitative estimate of drug-likeness (QED) is 0.486. The molecule has 0 atom stereocenters. The molecule has 0 radical (unpaired) electrons. The number of ether oxygens (including phenoxy) is 2. The maximum atomic E-state index is 12.2. The van der Waals surface area contributed by atoms with E-state index in [9.17, 15) is 14.9 Å². The first-order valence-electron chi connectivity index (χ1n) is 8.10. The van der Waals surface area contributed by atoms with Crippen molar-refractivity contribution in [1.29, 1.82) is 0 Å². The summed E-state index contributed by atoms with van der Waals surface area (Å²) in [6.07, 6.45) is 0.841. The normalized spacial score (nSPS) is 13.0. The van der Waals surface area contributed by atoms with Crippen molar-refractivity contribution in [3.05, 3.63) is 52.1 Å². The maximum Gasteiger partial charge on any atom is 0.269 e. The monoisotopic (exact) mass is 374 g/mol. The number of benzene rings is 2. The molecule has 1 aliphatic heterocycles. The SMILES string of the molecule is Cc1cc([N+](=O)[O-])ccc1NC(=O)CSc1ccc2c(c1)OCCCO2. The van der Waals surface area contributed by atoms with E-state index in [-0.39, 0.29) is 17.3 Å². The number of hydrogen-bond donors (Lipinski definition) is 1. The number of nitrogens with one attached hydrogen (secondary N) is 1. The van der Waals surface area contributed by atoms with E-state index in [1.54, 1.807) is 13.0 Å². The number of non-ortho nitro benzene ring substituents is 1. The largest absolute Gasteiger partial charge is 0.490 e. The minimum absolute atomic E-state index is 0.00192. The lowest BCUT2D eigenvalue weighted by atomic mass is 10.2. The van der Waals surface area contributed by atoms with Gasteiger partial charge in [-0.25, -0.2) is 0 Å². The first kappa shape index (κ1) is 18.1. The molecule has 8 heteroatoms. The summed E-state index contributed by atoms with van der Waals surface area (Å²) < 4.78 is 11.2. The van der Waals surface area contributed by atoms with Gasteiger partial charge in [-0.2, -0.15) is 0 Å². The van der Waals surface area contributed by atoms with Crippen LogP contribution in [0.2, 0.25) is 0 Å². The van der Waals surface area contributed by atoms with Crippen LogP contribution in [0.15, 0.2) is 41.3 Å². The summed E-state index contributed by atoms with van der Waals surface area (Å²) in [5.41, 5.74) is 1.22. The van der Waals surface area contributed by atoms with Gasteiger partial charge in [-0.15, -0.1) is 11.8 Å². The molecule has 1 heterocycles. The van der Waals surface area contributed by atoms with Gasteiger partial charge in [0.15, 0.2) is 11.5 Å². The molecule has 0 unspecified atom stereocenters. The molecule has 1 amide bonds. The molecule has 1 N–H and O–H groups in total. The summed E-state index contributed by atoms with van der Waals surface area (Å²) in [6.45, 7) is 2.97. The van der Waals surface area contributed by atoms with Crippen molar-refractivity contribution in [3.8, 4) is 11.5 Å². The molecule has 0 fully saturated rings. The Morgan fingerprint density at radius 3 is 2.69 bits per heavy atom. The van der Waals surface area contributed by atoms with Crippen molar-refractivity contribution in [1.82, 2.24) is 0 Å². The molecule has 0 saturated heterocycles. The summed E-state index contributed by atoms with van der Waals surface area (Å²) in [7, 11) is 0. The van der Waals surface area contributed by atoms with Crippen molar-refractivity contribution in [2.75, 3.05) is 24.3 Å². The fourth-order valence-corrected chi connectivity index (χ4v) is 3.19. The Bertz CT molecular complexity index is 840. The Morgan fingerprint density at radius 1 is 1.19 bits per heavy atom. The number of rotatable bonds is 5. The minimum atomic E-state index is -0.460. The molecule has 26 heavy (non-hydrogen) atoms. The number of amides is 1. The van der Waals surface area contributed by atoms with E-state index in [4.69, 9.17) is 9.47 Å². The molecule has 0 spiro atoms.